The van der Waals surface area contributed by atoms with Crippen LogP contribution in [0, 0.1) is 6.92 Å². The minimum atomic E-state index is 0.251. The lowest BCUT2D eigenvalue weighted by Gasteiger charge is -2.25. The molecule has 0 amide bonds. The van der Waals surface area contributed by atoms with Gasteiger partial charge in [-0.05, 0) is 61.6 Å². The fourth-order valence-corrected chi connectivity index (χ4v) is 4.40. The highest BCUT2D eigenvalue weighted by Crippen LogP contribution is 2.36. The van der Waals surface area contributed by atoms with Crippen molar-refractivity contribution in [2.75, 3.05) is 12.4 Å². The lowest BCUT2D eigenvalue weighted by molar-refractivity contribution is 0.413. The van der Waals surface area contributed by atoms with E-state index in [4.69, 9.17) is 21.3 Å². The first-order valence-corrected chi connectivity index (χ1v) is 11.1. The second kappa shape index (κ2) is 8.63. The van der Waals surface area contributed by atoms with Crippen molar-refractivity contribution in [3.63, 3.8) is 0 Å². The van der Waals surface area contributed by atoms with Crippen LogP contribution in [0.15, 0.2) is 61.2 Å². The summed E-state index contributed by atoms with van der Waals surface area (Å²) < 4.78 is 7.57. The Morgan fingerprint density at radius 3 is 2.72 bits per heavy atom. The third-order valence-corrected chi connectivity index (χ3v) is 6.12. The van der Waals surface area contributed by atoms with Crippen LogP contribution in [0.1, 0.15) is 41.3 Å². The van der Waals surface area contributed by atoms with Gasteiger partial charge in [0, 0.05) is 35.1 Å². The molecule has 2 heterocycles. The smallest absolute Gasteiger partial charge is 0.227 e. The Labute approximate surface area is 192 Å². The number of rotatable bonds is 5. The lowest BCUT2D eigenvalue weighted by atomic mass is 9.83. The van der Waals surface area contributed by atoms with Gasteiger partial charge in [-0.15, -0.1) is 0 Å². The first-order chi connectivity index (χ1) is 15.6. The van der Waals surface area contributed by atoms with Gasteiger partial charge in [0.15, 0.2) is 0 Å². The van der Waals surface area contributed by atoms with E-state index in [2.05, 4.69) is 27.4 Å². The number of halogens is 1. The summed E-state index contributed by atoms with van der Waals surface area (Å²) in [7, 11) is 1.67. The molecule has 1 N–H and O–H groups in total. The third-order valence-electron chi connectivity index (χ3n) is 5.87. The van der Waals surface area contributed by atoms with E-state index in [0.717, 1.165) is 52.8 Å². The van der Waals surface area contributed by atoms with Crippen molar-refractivity contribution in [1.29, 1.82) is 0 Å². The molecule has 2 aromatic carbocycles. The highest BCUT2D eigenvalue weighted by Gasteiger charge is 2.24. The second-order valence-corrected chi connectivity index (χ2v) is 8.47. The van der Waals surface area contributed by atoms with Gasteiger partial charge in [0.25, 0.3) is 0 Å². The van der Waals surface area contributed by atoms with Gasteiger partial charge < -0.3 is 14.6 Å². The Morgan fingerprint density at radius 1 is 1.12 bits per heavy atom. The van der Waals surface area contributed by atoms with E-state index in [1.165, 1.54) is 11.1 Å². The van der Waals surface area contributed by atoms with Crippen LogP contribution in [0.4, 0.5) is 11.6 Å². The average molecular weight is 446 g/mol. The first-order valence-electron chi connectivity index (χ1n) is 10.7. The van der Waals surface area contributed by atoms with E-state index in [1.54, 1.807) is 13.4 Å². The Hall–Kier alpha value is -3.38. The molecular weight excluding hydrogens is 422 g/mol. The number of nitrogens with zero attached hydrogens (tertiary/aromatic N) is 4. The second-order valence-electron chi connectivity index (χ2n) is 8.03. The Bertz CT molecular complexity index is 1250. The number of ether oxygens (including phenoxy) is 1. The number of fused-ring (bicyclic) bond motifs is 1. The van der Waals surface area contributed by atoms with Crippen LogP contribution in [0.2, 0.25) is 5.02 Å². The predicted octanol–water partition coefficient (Wildman–Crippen LogP) is 5.84. The number of aryl methyl sites for hydroxylation is 2. The van der Waals surface area contributed by atoms with Crippen LogP contribution in [-0.4, -0.2) is 26.6 Å². The van der Waals surface area contributed by atoms with Crippen molar-refractivity contribution >= 4 is 23.2 Å². The molecule has 1 unspecified atom stereocenters. The Kier molecular flexibility index (Phi) is 5.53. The quantitative estimate of drug-likeness (QED) is 0.417. The fraction of sp³-hybridized carbons (Fsp3) is 0.240. The molecule has 1 aliphatic rings. The molecule has 6 nitrogen and oxygen atoms in total. The number of nitrogens with one attached hydrogen (secondary N) is 1. The maximum absolute atomic E-state index is 6.09. The van der Waals surface area contributed by atoms with Crippen molar-refractivity contribution < 1.29 is 4.74 Å². The van der Waals surface area contributed by atoms with E-state index in [-0.39, 0.29) is 5.92 Å². The number of benzene rings is 2. The number of methoxy groups -OCH3 is 1. The fourth-order valence-electron chi connectivity index (χ4n) is 4.28. The van der Waals surface area contributed by atoms with Gasteiger partial charge in [0.1, 0.15) is 5.75 Å². The van der Waals surface area contributed by atoms with Crippen LogP contribution in [0.25, 0.3) is 5.69 Å². The summed E-state index contributed by atoms with van der Waals surface area (Å²) in [5, 5.41) is 4.09. The highest BCUT2D eigenvalue weighted by atomic mass is 35.5. The SMILES string of the molecule is COc1cc(Nc2ncc3c(n2)C(c2ccc(Cl)cc2)CCC3)ccc1-n1cnc(C)c1. The van der Waals surface area contributed by atoms with Gasteiger partial charge in [0.05, 0.1) is 30.5 Å². The van der Waals surface area contributed by atoms with Crippen molar-refractivity contribution in [1.82, 2.24) is 19.5 Å². The summed E-state index contributed by atoms with van der Waals surface area (Å²) in [6.07, 6.45) is 8.90. The van der Waals surface area contributed by atoms with E-state index in [1.807, 2.05) is 54.2 Å². The molecule has 0 saturated carbocycles. The molecule has 0 aliphatic heterocycles. The predicted molar refractivity (Wildman–Crippen MR) is 126 cm³/mol. The first kappa shape index (κ1) is 20.5. The topological polar surface area (TPSA) is 64.9 Å². The molecule has 0 fully saturated rings. The van der Waals surface area contributed by atoms with Crippen molar-refractivity contribution in [2.45, 2.75) is 32.1 Å². The Morgan fingerprint density at radius 2 is 1.97 bits per heavy atom. The standard InChI is InChI=1S/C25H24ClN5O/c1-16-14-31(15-28-16)22-11-10-20(12-23(22)32-2)29-25-27-13-18-4-3-5-21(24(18)30-25)17-6-8-19(26)9-7-17/h6-15,21H,3-5H2,1-2H3,(H,27,29,30). The molecule has 1 atom stereocenters. The Balaban J connectivity index is 1.44. The summed E-state index contributed by atoms with van der Waals surface area (Å²) >= 11 is 6.09. The number of aromatic nitrogens is 4. The summed E-state index contributed by atoms with van der Waals surface area (Å²) in [5.41, 5.74) is 6.28. The zero-order valence-electron chi connectivity index (χ0n) is 18.0. The zero-order valence-corrected chi connectivity index (χ0v) is 18.8. The monoisotopic (exact) mass is 445 g/mol. The van der Waals surface area contributed by atoms with Crippen molar-refractivity contribution in [3.05, 3.63) is 88.7 Å². The lowest BCUT2D eigenvalue weighted by Crippen LogP contribution is -2.15. The van der Waals surface area contributed by atoms with Crippen LogP contribution in [0.5, 0.6) is 5.75 Å². The maximum atomic E-state index is 6.09. The molecule has 0 bridgehead atoms. The molecule has 4 aromatic rings. The molecule has 5 rings (SSSR count). The van der Waals surface area contributed by atoms with Gasteiger partial charge in [-0.3, -0.25) is 0 Å². The van der Waals surface area contributed by atoms with Crippen LogP contribution in [-0.2, 0) is 6.42 Å². The van der Waals surface area contributed by atoms with Crippen LogP contribution in [0.3, 0.4) is 0 Å². The molecule has 0 radical (unpaired) electrons. The number of anilines is 2. The van der Waals surface area contributed by atoms with E-state index < -0.39 is 0 Å². The van der Waals surface area contributed by atoms with Crippen LogP contribution >= 0.6 is 11.6 Å². The molecule has 7 heteroatoms. The van der Waals surface area contributed by atoms with Gasteiger partial charge in [0.2, 0.25) is 5.95 Å². The maximum Gasteiger partial charge on any atom is 0.227 e. The molecule has 1 aliphatic carbocycles. The molecule has 0 spiro atoms. The normalized spacial score (nSPS) is 15.3. The third kappa shape index (κ3) is 4.06. The van der Waals surface area contributed by atoms with Gasteiger partial charge >= 0.3 is 0 Å². The van der Waals surface area contributed by atoms with Crippen LogP contribution < -0.4 is 10.1 Å². The molecule has 0 saturated heterocycles. The van der Waals surface area contributed by atoms with Gasteiger partial charge in [-0.2, -0.15) is 0 Å². The van der Waals surface area contributed by atoms with Gasteiger partial charge in [-0.25, -0.2) is 15.0 Å². The summed E-state index contributed by atoms with van der Waals surface area (Å²) in [6, 6.07) is 14.0. The van der Waals surface area contributed by atoms with E-state index >= 15 is 0 Å². The highest BCUT2D eigenvalue weighted by molar-refractivity contribution is 6.30. The number of hydrogen-bond donors (Lipinski definition) is 1. The van der Waals surface area contributed by atoms with Gasteiger partial charge in [-0.1, -0.05) is 23.7 Å². The largest absolute Gasteiger partial charge is 0.494 e. The minimum Gasteiger partial charge on any atom is -0.494 e. The summed E-state index contributed by atoms with van der Waals surface area (Å²) in [5.74, 6) is 1.57. The average Bonchev–Trinajstić information content (AvgIpc) is 3.25. The molecule has 162 valence electrons. The van der Waals surface area contributed by atoms with Crippen molar-refractivity contribution in [2.24, 2.45) is 0 Å². The molecule has 2 aromatic heterocycles. The van der Waals surface area contributed by atoms with E-state index in [0.29, 0.717) is 5.95 Å². The minimum absolute atomic E-state index is 0.251. The zero-order chi connectivity index (χ0) is 22.1. The van der Waals surface area contributed by atoms with Crippen molar-refractivity contribution in [3.8, 4) is 11.4 Å². The number of hydrogen-bond acceptors (Lipinski definition) is 5. The summed E-state index contributed by atoms with van der Waals surface area (Å²) in [6.45, 7) is 1.96. The summed E-state index contributed by atoms with van der Waals surface area (Å²) in [4.78, 5) is 13.8. The van der Waals surface area contributed by atoms with E-state index in [9.17, 15) is 0 Å². The molecular formula is C25H24ClN5O. The molecule has 32 heavy (non-hydrogen) atoms. The number of imidazole rings is 1.